The van der Waals surface area contributed by atoms with E-state index in [0.29, 0.717) is 20.9 Å². The van der Waals surface area contributed by atoms with Crippen LogP contribution in [-0.2, 0) is 6.54 Å². The number of fused-ring (bicyclic) bond motifs is 1. The Balaban J connectivity index is 1.79. The minimum absolute atomic E-state index is 0.107. The molecule has 0 aliphatic heterocycles. The highest BCUT2D eigenvalue weighted by Gasteiger charge is 2.23. The number of anilines is 1. The van der Waals surface area contributed by atoms with Gasteiger partial charge in [-0.05, 0) is 54.8 Å². The number of aryl methyl sites for hydroxylation is 2. The first-order valence-electron chi connectivity index (χ1n) is 8.35. The number of hydrogen-bond acceptors (Lipinski definition) is 5. The highest BCUT2D eigenvalue weighted by molar-refractivity contribution is 7.22. The van der Waals surface area contributed by atoms with Gasteiger partial charge in [-0.25, -0.2) is 4.98 Å². The van der Waals surface area contributed by atoms with E-state index >= 15 is 0 Å². The fourth-order valence-electron chi connectivity index (χ4n) is 2.94. The number of halogens is 1. The molecule has 0 atom stereocenters. The van der Waals surface area contributed by atoms with E-state index in [1.165, 1.54) is 28.2 Å². The molecule has 4 aromatic rings. The quantitative estimate of drug-likeness (QED) is 0.420. The molecule has 1 aromatic carbocycles. The van der Waals surface area contributed by atoms with E-state index < -0.39 is 0 Å². The molecule has 0 N–H and O–H groups in total. The van der Waals surface area contributed by atoms with Crippen molar-refractivity contribution in [2.24, 2.45) is 0 Å². The lowest BCUT2D eigenvalue weighted by atomic mass is 10.1. The first-order chi connectivity index (χ1) is 13.0. The fraction of sp³-hybridized carbons (Fsp3) is 0.150. The summed E-state index contributed by atoms with van der Waals surface area (Å²) in [6.07, 6.45) is 3.49. The molecule has 0 aliphatic rings. The zero-order valence-corrected chi connectivity index (χ0v) is 17.2. The van der Waals surface area contributed by atoms with Crippen LogP contribution >= 0.6 is 34.3 Å². The Bertz CT molecular complexity index is 1120. The predicted molar refractivity (Wildman–Crippen MR) is 113 cm³/mol. The number of carbonyl (C=O) groups excluding carboxylic acids is 1. The second-order valence-electron chi connectivity index (χ2n) is 6.28. The van der Waals surface area contributed by atoms with Crippen LogP contribution in [0, 0.1) is 13.8 Å². The zero-order chi connectivity index (χ0) is 19.0. The van der Waals surface area contributed by atoms with Gasteiger partial charge in [-0.3, -0.25) is 14.7 Å². The van der Waals surface area contributed by atoms with Crippen molar-refractivity contribution >= 4 is 55.5 Å². The number of thiophene rings is 1. The molecule has 27 heavy (non-hydrogen) atoms. The third-order valence-corrected chi connectivity index (χ3v) is 6.39. The van der Waals surface area contributed by atoms with Gasteiger partial charge in [-0.15, -0.1) is 11.3 Å². The van der Waals surface area contributed by atoms with E-state index in [-0.39, 0.29) is 5.91 Å². The van der Waals surface area contributed by atoms with E-state index in [4.69, 9.17) is 16.6 Å². The van der Waals surface area contributed by atoms with E-state index in [9.17, 15) is 4.79 Å². The van der Waals surface area contributed by atoms with Crippen molar-refractivity contribution in [1.29, 1.82) is 0 Å². The second kappa shape index (κ2) is 7.38. The minimum atomic E-state index is -0.107. The smallest absolute Gasteiger partial charge is 0.270 e. The zero-order valence-electron chi connectivity index (χ0n) is 14.8. The van der Waals surface area contributed by atoms with Gasteiger partial charge in [0.1, 0.15) is 0 Å². The standard InChI is InChI=1S/C20H16ClN3OS2/c1-12-8-13(2)18-16(9-12)27-20(23-18)24(11-14-4-3-7-22-10-14)19(25)15-5-6-17(21)26-15/h3-10H,11H2,1-2H3. The van der Waals surface area contributed by atoms with E-state index in [2.05, 4.69) is 24.0 Å². The first-order valence-corrected chi connectivity index (χ1v) is 10.4. The van der Waals surface area contributed by atoms with Gasteiger partial charge in [0.15, 0.2) is 5.13 Å². The number of hydrogen-bond donors (Lipinski definition) is 0. The van der Waals surface area contributed by atoms with Crippen LogP contribution in [0.1, 0.15) is 26.4 Å². The molecular formula is C20H16ClN3OS2. The molecule has 136 valence electrons. The molecule has 0 saturated carbocycles. The number of nitrogens with zero attached hydrogens (tertiary/aromatic N) is 3. The molecule has 0 bridgehead atoms. The first kappa shape index (κ1) is 18.1. The number of pyridine rings is 1. The molecule has 4 nitrogen and oxygen atoms in total. The van der Waals surface area contributed by atoms with Crippen LogP contribution in [0.25, 0.3) is 10.2 Å². The average Bonchev–Trinajstić information content (AvgIpc) is 3.26. The number of benzene rings is 1. The maximum absolute atomic E-state index is 13.2. The molecule has 4 rings (SSSR count). The number of amides is 1. The molecular weight excluding hydrogens is 398 g/mol. The topological polar surface area (TPSA) is 46.1 Å². The van der Waals surface area contributed by atoms with Gasteiger partial charge < -0.3 is 0 Å². The molecule has 1 amide bonds. The Labute approximate surface area is 170 Å². The van der Waals surface area contributed by atoms with Crippen molar-refractivity contribution in [2.75, 3.05) is 4.90 Å². The van der Waals surface area contributed by atoms with Gasteiger partial charge in [0.05, 0.1) is 26.0 Å². The van der Waals surface area contributed by atoms with Crippen LogP contribution in [0.3, 0.4) is 0 Å². The van der Waals surface area contributed by atoms with Crippen molar-refractivity contribution in [1.82, 2.24) is 9.97 Å². The highest BCUT2D eigenvalue weighted by atomic mass is 35.5. The summed E-state index contributed by atoms with van der Waals surface area (Å²) in [5.74, 6) is -0.107. The molecule has 0 radical (unpaired) electrons. The Hall–Kier alpha value is -2.28. The molecule has 3 aromatic heterocycles. The number of thiazole rings is 1. The van der Waals surface area contributed by atoms with Gasteiger partial charge in [-0.2, -0.15) is 0 Å². The van der Waals surface area contributed by atoms with Crippen molar-refractivity contribution < 1.29 is 4.79 Å². The summed E-state index contributed by atoms with van der Waals surface area (Å²) in [5.41, 5.74) is 4.18. The third kappa shape index (κ3) is 3.74. The molecule has 0 fully saturated rings. The van der Waals surface area contributed by atoms with Crippen molar-refractivity contribution in [3.63, 3.8) is 0 Å². The van der Waals surface area contributed by atoms with Crippen molar-refractivity contribution in [2.45, 2.75) is 20.4 Å². The normalized spacial score (nSPS) is 11.1. The summed E-state index contributed by atoms with van der Waals surface area (Å²) in [6.45, 7) is 4.52. The number of carbonyl (C=O) groups is 1. The number of rotatable bonds is 4. The molecule has 0 spiro atoms. The lowest BCUT2D eigenvalue weighted by Crippen LogP contribution is -2.29. The van der Waals surface area contributed by atoms with Crippen molar-refractivity contribution in [3.8, 4) is 0 Å². The Kier molecular flexibility index (Phi) is 4.95. The summed E-state index contributed by atoms with van der Waals surface area (Å²) >= 11 is 8.85. The largest absolute Gasteiger partial charge is 0.279 e. The van der Waals surface area contributed by atoms with Gasteiger partial charge >= 0.3 is 0 Å². The molecule has 0 saturated heterocycles. The van der Waals surface area contributed by atoms with Gasteiger partial charge in [0, 0.05) is 12.4 Å². The Morgan fingerprint density at radius 2 is 2.04 bits per heavy atom. The average molecular weight is 414 g/mol. The third-order valence-electron chi connectivity index (χ3n) is 4.14. The molecule has 3 heterocycles. The van der Waals surface area contributed by atoms with Crippen LogP contribution in [0.2, 0.25) is 4.34 Å². The number of aromatic nitrogens is 2. The summed E-state index contributed by atoms with van der Waals surface area (Å²) in [4.78, 5) is 24.5. The summed E-state index contributed by atoms with van der Waals surface area (Å²) in [5, 5.41) is 0.678. The van der Waals surface area contributed by atoms with Gasteiger partial charge in [0.25, 0.3) is 5.91 Å². The highest BCUT2D eigenvalue weighted by Crippen LogP contribution is 2.34. The van der Waals surface area contributed by atoms with Crippen LogP contribution in [0.4, 0.5) is 5.13 Å². The molecule has 0 unspecified atom stereocenters. The maximum atomic E-state index is 13.2. The van der Waals surface area contributed by atoms with E-state index in [1.54, 1.807) is 29.4 Å². The second-order valence-corrected chi connectivity index (χ2v) is 9.01. The Morgan fingerprint density at radius 3 is 2.74 bits per heavy atom. The summed E-state index contributed by atoms with van der Waals surface area (Å²) in [6, 6.07) is 11.5. The summed E-state index contributed by atoms with van der Waals surface area (Å²) in [7, 11) is 0. The van der Waals surface area contributed by atoms with E-state index in [1.807, 2.05) is 19.1 Å². The maximum Gasteiger partial charge on any atom is 0.270 e. The minimum Gasteiger partial charge on any atom is -0.279 e. The molecule has 0 aliphatic carbocycles. The van der Waals surface area contributed by atoms with Crippen LogP contribution in [0.15, 0.2) is 48.8 Å². The molecule has 7 heteroatoms. The lowest BCUT2D eigenvalue weighted by molar-refractivity contribution is 0.0989. The van der Waals surface area contributed by atoms with Crippen LogP contribution in [0.5, 0.6) is 0 Å². The predicted octanol–water partition coefficient (Wildman–Crippen LogP) is 5.87. The van der Waals surface area contributed by atoms with E-state index in [0.717, 1.165) is 21.3 Å². The van der Waals surface area contributed by atoms with Gasteiger partial charge in [-0.1, -0.05) is 35.1 Å². The van der Waals surface area contributed by atoms with Gasteiger partial charge in [0.2, 0.25) is 0 Å². The van der Waals surface area contributed by atoms with Crippen molar-refractivity contribution in [3.05, 3.63) is 74.7 Å². The fourth-order valence-corrected chi connectivity index (χ4v) is 5.07. The van der Waals surface area contributed by atoms with Crippen LogP contribution in [-0.4, -0.2) is 15.9 Å². The van der Waals surface area contributed by atoms with Crippen LogP contribution < -0.4 is 4.90 Å². The SMILES string of the molecule is Cc1cc(C)c2nc(N(Cc3cccnc3)C(=O)c3ccc(Cl)s3)sc2c1. The lowest BCUT2D eigenvalue weighted by Gasteiger charge is -2.19. The Morgan fingerprint density at radius 1 is 1.19 bits per heavy atom. The summed E-state index contributed by atoms with van der Waals surface area (Å²) < 4.78 is 1.67. The monoisotopic (exact) mass is 413 g/mol.